The topological polar surface area (TPSA) is 59.1 Å². The summed E-state index contributed by atoms with van der Waals surface area (Å²) in [4.78, 5) is 14.5. The van der Waals surface area contributed by atoms with Gasteiger partial charge in [0.1, 0.15) is 6.10 Å². The molecule has 1 N–H and O–H groups in total. The van der Waals surface area contributed by atoms with Crippen molar-refractivity contribution >= 4 is 28.6 Å². The Bertz CT molecular complexity index is 792. The molecular weight excluding hydrogens is 394 g/mol. The molecule has 3 aliphatic rings. The molecule has 0 aromatic carbocycles. The first-order valence-electron chi connectivity index (χ1n) is 9.89. The number of rotatable bonds is 4. The molecule has 1 unspecified atom stereocenters. The van der Waals surface area contributed by atoms with Gasteiger partial charge < -0.3 is 19.1 Å². The van der Waals surface area contributed by atoms with Crippen LogP contribution in [0.5, 0.6) is 0 Å². The Balaban J connectivity index is 1.39. The second-order valence-electron chi connectivity index (χ2n) is 8.78. The predicted molar refractivity (Wildman–Crippen MR) is 108 cm³/mol. The van der Waals surface area contributed by atoms with Crippen molar-refractivity contribution in [2.24, 2.45) is 0 Å². The zero-order valence-corrected chi connectivity index (χ0v) is 17.7. The Hall–Kier alpha value is -1.25. The third-order valence-electron chi connectivity index (χ3n) is 6.97. The van der Waals surface area contributed by atoms with Gasteiger partial charge in [0.25, 0.3) is 0 Å². The maximum absolute atomic E-state index is 13.3. The highest BCUT2D eigenvalue weighted by atomic mass is 32.1. The van der Waals surface area contributed by atoms with Crippen molar-refractivity contribution in [1.82, 2.24) is 0 Å². The molecule has 0 spiro atoms. The highest BCUT2D eigenvalue weighted by Gasteiger charge is 2.56. The number of hydrogen-bond acceptors (Lipinski definition) is 6. The van der Waals surface area contributed by atoms with Crippen LogP contribution in [0.4, 0.5) is 0 Å². The monoisotopic (exact) mass is 420 g/mol. The zero-order chi connectivity index (χ0) is 19.5. The molecule has 5 heterocycles. The van der Waals surface area contributed by atoms with E-state index in [1.54, 1.807) is 12.1 Å². The van der Waals surface area contributed by atoms with Crippen LogP contribution in [0.15, 0.2) is 35.0 Å². The maximum atomic E-state index is 13.3. The molecule has 7 heteroatoms. The molecule has 0 saturated carbocycles. The van der Waals surface area contributed by atoms with E-state index in [4.69, 9.17) is 9.47 Å². The third-order valence-corrected chi connectivity index (χ3v) is 8.93. The highest BCUT2D eigenvalue weighted by Crippen LogP contribution is 2.45. The molecule has 5 rings (SSSR count). The quantitative estimate of drug-likeness (QED) is 0.469. The zero-order valence-electron chi connectivity index (χ0n) is 16.1. The lowest BCUT2D eigenvalue weighted by Gasteiger charge is -2.49. The van der Waals surface area contributed by atoms with Crippen LogP contribution >= 0.6 is 22.7 Å². The van der Waals surface area contributed by atoms with E-state index in [0.717, 1.165) is 30.2 Å². The van der Waals surface area contributed by atoms with Crippen molar-refractivity contribution < 1.29 is 23.9 Å². The van der Waals surface area contributed by atoms with E-state index < -0.39 is 11.6 Å². The molecule has 0 amide bonds. The number of nitrogens with zero attached hydrogens (tertiary/aromatic N) is 1. The van der Waals surface area contributed by atoms with Crippen molar-refractivity contribution in [3.63, 3.8) is 0 Å². The third kappa shape index (κ3) is 2.95. The van der Waals surface area contributed by atoms with Gasteiger partial charge in [-0.3, -0.25) is 0 Å². The van der Waals surface area contributed by atoms with Crippen molar-refractivity contribution in [2.45, 2.75) is 61.7 Å². The number of epoxide rings is 1. The van der Waals surface area contributed by atoms with Crippen LogP contribution in [0.25, 0.3) is 0 Å². The number of aliphatic hydroxyl groups is 1. The minimum absolute atomic E-state index is 0.155. The largest absolute Gasteiger partial charge is 0.459 e. The van der Waals surface area contributed by atoms with Crippen LogP contribution in [0.1, 0.15) is 35.4 Å². The molecule has 150 valence electrons. The van der Waals surface area contributed by atoms with Gasteiger partial charge in [-0.2, -0.15) is 0 Å². The summed E-state index contributed by atoms with van der Waals surface area (Å²) in [6.45, 7) is 0. The van der Waals surface area contributed by atoms with E-state index in [1.165, 1.54) is 22.7 Å². The average Bonchev–Trinajstić information content (AvgIpc) is 3.13. The van der Waals surface area contributed by atoms with E-state index in [0.29, 0.717) is 34.0 Å². The number of quaternary nitrogens is 1. The van der Waals surface area contributed by atoms with Crippen LogP contribution in [0.3, 0.4) is 0 Å². The van der Waals surface area contributed by atoms with E-state index in [2.05, 4.69) is 14.1 Å². The van der Waals surface area contributed by atoms with E-state index in [1.807, 2.05) is 22.9 Å². The molecule has 0 aliphatic carbocycles. The normalized spacial score (nSPS) is 33.6. The van der Waals surface area contributed by atoms with Gasteiger partial charge in [0.2, 0.25) is 5.60 Å². The molecule has 2 aromatic heterocycles. The highest BCUT2D eigenvalue weighted by molar-refractivity contribution is 7.12. The van der Waals surface area contributed by atoms with Crippen molar-refractivity contribution in [2.75, 3.05) is 14.1 Å². The molecular formula is C21H26NO4S2+. The summed E-state index contributed by atoms with van der Waals surface area (Å²) < 4.78 is 12.8. The number of fused-ring (bicyclic) bond motifs is 3. The summed E-state index contributed by atoms with van der Waals surface area (Å²) in [5.41, 5.74) is -1.72. The van der Waals surface area contributed by atoms with Gasteiger partial charge in [-0.15, -0.1) is 22.7 Å². The van der Waals surface area contributed by atoms with Crippen LogP contribution in [-0.4, -0.2) is 60.0 Å². The summed E-state index contributed by atoms with van der Waals surface area (Å²) in [7, 11) is 4.59. The number of piperidine rings is 1. The smallest absolute Gasteiger partial charge is 0.349 e. The van der Waals surface area contributed by atoms with Gasteiger partial charge in [-0.1, -0.05) is 12.1 Å². The lowest BCUT2D eigenvalue weighted by molar-refractivity contribution is -0.945. The van der Waals surface area contributed by atoms with Gasteiger partial charge in [-0.25, -0.2) is 4.79 Å². The first-order valence-corrected chi connectivity index (χ1v) is 11.6. The molecule has 28 heavy (non-hydrogen) atoms. The van der Waals surface area contributed by atoms with Crippen LogP contribution in [-0.2, 0) is 19.9 Å². The molecule has 5 nitrogen and oxygen atoms in total. The number of carbonyl (C=O) groups excluding carboxylic acids is 1. The lowest BCUT2D eigenvalue weighted by atomic mass is 9.89. The van der Waals surface area contributed by atoms with Crippen molar-refractivity contribution in [3.8, 4) is 0 Å². The Kier molecular flexibility index (Phi) is 4.45. The van der Waals surface area contributed by atoms with Gasteiger partial charge in [0, 0.05) is 25.7 Å². The Morgan fingerprint density at radius 1 is 1.07 bits per heavy atom. The van der Waals surface area contributed by atoms with Crippen LogP contribution < -0.4 is 0 Å². The minimum Gasteiger partial charge on any atom is -0.459 e. The Labute approximate surface area is 173 Å². The molecule has 3 aliphatic heterocycles. The molecule has 3 saturated heterocycles. The molecule has 2 bridgehead atoms. The van der Waals surface area contributed by atoms with Crippen molar-refractivity contribution in [3.05, 3.63) is 44.8 Å². The molecule has 5 atom stereocenters. The fourth-order valence-corrected chi connectivity index (χ4v) is 6.75. The predicted octanol–water partition coefficient (Wildman–Crippen LogP) is 3.13. The number of esters is 1. The van der Waals surface area contributed by atoms with E-state index in [-0.39, 0.29) is 6.10 Å². The second kappa shape index (κ2) is 6.64. The Morgan fingerprint density at radius 3 is 2.07 bits per heavy atom. The lowest BCUT2D eigenvalue weighted by Crippen LogP contribution is -2.61. The summed E-state index contributed by atoms with van der Waals surface area (Å²) in [6, 6.07) is 8.16. The average molecular weight is 421 g/mol. The number of carbonyl (C=O) groups is 1. The molecule has 3 fully saturated rings. The van der Waals surface area contributed by atoms with Gasteiger partial charge in [0.15, 0.2) is 0 Å². The fraction of sp³-hybridized carbons (Fsp3) is 0.571. The van der Waals surface area contributed by atoms with E-state index in [9.17, 15) is 9.90 Å². The summed E-state index contributed by atoms with van der Waals surface area (Å²) >= 11 is 2.76. The first kappa shape index (κ1) is 18.8. The summed E-state index contributed by atoms with van der Waals surface area (Å²) in [5.74, 6) is -0.548. The SMILES string of the molecule is C[N+]1(C)[C@@H]2CC(OC(=O)C(O)(c3cccs3)c3cccs3)C[C@H]1C[C@@H]1O[C@@H]1C2. The van der Waals surface area contributed by atoms with Crippen molar-refractivity contribution in [1.29, 1.82) is 0 Å². The molecule has 0 radical (unpaired) electrons. The first-order chi connectivity index (χ1) is 13.4. The van der Waals surface area contributed by atoms with Gasteiger partial charge in [0.05, 0.1) is 48.1 Å². The fourth-order valence-electron chi connectivity index (χ4n) is 5.03. The molecule has 2 aromatic rings. The van der Waals surface area contributed by atoms with Crippen LogP contribution in [0.2, 0.25) is 0 Å². The minimum atomic E-state index is -1.72. The summed E-state index contributed by atoms with van der Waals surface area (Å²) in [6.07, 6.45) is 4.33. The van der Waals surface area contributed by atoms with Gasteiger partial charge in [-0.05, 0) is 22.9 Å². The maximum Gasteiger partial charge on any atom is 0.349 e. The van der Waals surface area contributed by atoms with Gasteiger partial charge >= 0.3 is 5.97 Å². The standard InChI is InChI=1S/C21H26NO4S2/c1-22(2)13-9-15(10-14(22)12-17-16(11-13)26-17)25-20(23)21(24,18-5-3-7-27-18)19-6-4-8-28-19/h3-8,13-17,24H,9-12H2,1-2H3/q+1/t13-,14+,15?,16-,17+. The number of ether oxygens (including phenoxy) is 2. The van der Waals surface area contributed by atoms with Crippen LogP contribution in [0, 0.1) is 0 Å². The number of thiophene rings is 2. The summed E-state index contributed by atoms with van der Waals surface area (Å²) in [5, 5.41) is 15.2. The van der Waals surface area contributed by atoms with E-state index >= 15 is 0 Å². The second-order valence-corrected chi connectivity index (χ2v) is 10.7. The number of hydrogen-bond donors (Lipinski definition) is 1. The Morgan fingerprint density at radius 2 is 1.61 bits per heavy atom.